The van der Waals surface area contributed by atoms with Crippen molar-refractivity contribution in [3.05, 3.63) is 29.5 Å². The Morgan fingerprint density at radius 1 is 1.29 bits per heavy atom. The van der Waals surface area contributed by atoms with E-state index >= 15 is 0 Å². The van der Waals surface area contributed by atoms with Crippen LogP contribution in [-0.4, -0.2) is 34.5 Å². The van der Waals surface area contributed by atoms with Crippen LogP contribution in [0.2, 0.25) is 5.28 Å². The Morgan fingerprint density at radius 3 is 2.29 bits per heavy atom. The molecule has 1 N–H and O–H groups in total. The van der Waals surface area contributed by atoms with Crippen molar-refractivity contribution in [3.63, 3.8) is 0 Å². The van der Waals surface area contributed by atoms with Crippen molar-refractivity contribution in [1.82, 2.24) is 14.8 Å². The van der Waals surface area contributed by atoms with E-state index in [2.05, 4.69) is 10.1 Å². The topological polar surface area (TPSA) is 85.1 Å². The molecule has 0 radical (unpaired) electrons. The molecule has 2 aromatic rings. The highest BCUT2D eigenvalue weighted by Gasteiger charge is 2.10. The fourth-order valence-corrected chi connectivity index (χ4v) is 2.12. The molecule has 0 aliphatic carbocycles. The summed E-state index contributed by atoms with van der Waals surface area (Å²) in [4.78, 5) is 3.71. The van der Waals surface area contributed by atoms with Gasteiger partial charge in [-0.3, -0.25) is 0 Å². The third-order valence-electron chi connectivity index (χ3n) is 2.07. The molecule has 0 atom stereocenters. The van der Waals surface area contributed by atoms with Gasteiger partial charge in [0.05, 0.1) is 10.6 Å². The van der Waals surface area contributed by atoms with Gasteiger partial charge in [0, 0.05) is 6.26 Å². The molecule has 1 heterocycles. The number of rotatable bonds is 2. The number of aromatic nitrogens is 3. The minimum atomic E-state index is -3.23. The molecular weight excluding hydrogens is 266 g/mol. The van der Waals surface area contributed by atoms with Crippen molar-refractivity contribution < 1.29 is 13.5 Å². The maximum atomic E-state index is 11.3. The van der Waals surface area contributed by atoms with E-state index in [1.165, 1.54) is 28.9 Å². The molecule has 0 aliphatic rings. The second-order valence-electron chi connectivity index (χ2n) is 3.36. The monoisotopic (exact) mass is 273 g/mol. The van der Waals surface area contributed by atoms with Gasteiger partial charge >= 0.3 is 6.01 Å². The molecule has 0 bridgehead atoms. The van der Waals surface area contributed by atoms with E-state index in [-0.39, 0.29) is 10.2 Å². The van der Waals surface area contributed by atoms with Gasteiger partial charge in [0.1, 0.15) is 0 Å². The van der Waals surface area contributed by atoms with E-state index in [1.807, 2.05) is 0 Å². The standard InChI is InChI=1S/C9H8ClN3O3S/c1-17(15,16)7-4-2-6(3-5-7)13-8(10)11-9(14)12-13/h2-5H,1H3,(H,12,14). The second-order valence-corrected chi connectivity index (χ2v) is 5.71. The summed E-state index contributed by atoms with van der Waals surface area (Å²) in [7, 11) is -3.23. The number of nitrogens with zero attached hydrogens (tertiary/aromatic N) is 3. The van der Waals surface area contributed by atoms with Gasteiger partial charge in [0.25, 0.3) is 0 Å². The fraction of sp³-hybridized carbons (Fsp3) is 0.111. The quantitative estimate of drug-likeness (QED) is 0.883. The molecule has 0 amide bonds. The Balaban J connectivity index is 2.46. The van der Waals surface area contributed by atoms with Crippen LogP contribution in [0.25, 0.3) is 5.69 Å². The summed E-state index contributed by atoms with van der Waals surface area (Å²) in [6, 6.07) is 5.47. The Kier molecular flexibility index (Phi) is 2.80. The lowest BCUT2D eigenvalue weighted by Gasteiger charge is -2.02. The molecule has 0 saturated heterocycles. The summed E-state index contributed by atoms with van der Waals surface area (Å²) in [5.74, 6) is 0. The average molecular weight is 274 g/mol. The zero-order chi connectivity index (χ0) is 12.6. The van der Waals surface area contributed by atoms with Gasteiger partial charge in [-0.15, -0.1) is 5.10 Å². The predicted molar refractivity (Wildman–Crippen MR) is 61.1 cm³/mol. The normalized spacial score (nSPS) is 11.6. The van der Waals surface area contributed by atoms with Crippen molar-refractivity contribution in [1.29, 1.82) is 0 Å². The molecule has 0 aliphatic heterocycles. The summed E-state index contributed by atoms with van der Waals surface area (Å²) in [5.41, 5.74) is 0.509. The van der Waals surface area contributed by atoms with Crippen molar-refractivity contribution in [2.75, 3.05) is 6.26 Å². The number of aromatic hydroxyl groups is 1. The van der Waals surface area contributed by atoms with Crippen molar-refractivity contribution in [3.8, 4) is 11.7 Å². The van der Waals surface area contributed by atoms with Gasteiger partial charge in [-0.05, 0) is 35.9 Å². The third-order valence-corrected chi connectivity index (χ3v) is 3.44. The number of benzene rings is 1. The van der Waals surface area contributed by atoms with Crippen LogP contribution in [0.1, 0.15) is 0 Å². The highest BCUT2D eigenvalue weighted by Crippen LogP contribution is 2.18. The molecule has 0 spiro atoms. The highest BCUT2D eigenvalue weighted by atomic mass is 35.5. The predicted octanol–water partition coefficient (Wildman–Crippen LogP) is 1.03. The second kappa shape index (κ2) is 4.01. The third kappa shape index (κ3) is 2.40. The lowest BCUT2D eigenvalue weighted by Crippen LogP contribution is -2.00. The molecule has 2 rings (SSSR count). The van der Waals surface area contributed by atoms with E-state index in [1.54, 1.807) is 0 Å². The van der Waals surface area contributed by atoms with E-state index in [0.717, 1.165) is 6.26 Å². The van der Waals surface area contributed by atoms with Gasteiger partial charge in [-0.2, -0.15) is 9.67 Å². The Bertz CT molecular complexity index is 649. The lowest BCUT2D eigenvalue weighted by atomic mass is 10.3. The number of hydrogen-bond acceptors (Lipinski definition) is 5. The molecule has 1 aromatic heterocycles. The van der Waals surface area contributed by atoms with Crippen LogP contribution in [0.5, 0.6) is 6.01 Å². The smallest absolute Gasteiger partial charge is 0.334 e. The minimum Gasteiger partial charge on any atom is -0.478 e. The first kappa shape index (κ1) is 11.9. The molecule has 8 heteroatoms. The van der Waals surface area contributed by atoms with Crippen LogP contribution in [0, 0.1) is 0 Å². The van der Waals surface area contributed by atoms with E-state index < -0.39 is 15.8 Å². The summed E-state index contributed by atoms with van der Waals surface area (Å²) >= 11 is 5.72. The Hall–Kier alpha value is -1.60. The molecule has 0 unspecified atom stereocenters. The largest absolute Gasteiger partial charge is 0.478 e. The molecule has 1 aromatic carbocycles. The molecule has 90 valence electrons. The van der Waals surface area contributed by atoms with E-state index in [4.69, 9.17) is 16.7 Å². The van der Waals surface area contributed by atoms with Gasteiger partial charge in [0.15, 0.2) is 9.84 Å². The maximum absolute atomic E-state index is 11.3. The Morgan fingerprint density at radius 2 is 1.88 bits per heavy atom. The fourth-order valence-electron chi connectivity index (χ4n) is 1.28. The van der Waals surface area contributed by atoms with Crippen LogP contribution in [0.4, 0.5) is 0 Å². The number of sulfone groups is 1. The zero-order valence-electron chi connectivity index (χ0n) is 8.70. The first-order valence-corrected chi connectivity index (χ1v) is 6.77. The summed E-state index contributed by atoms with van der Waals surface area (Å²) in [6.07, 6.45) is 1.12. The zero-order valence-corrected chi connectivity index (χ0v) is 10.3. The Labute approximate surface area is 102 Å². The van der Waals surface area contributed by atoms with Crippen molar-refractivity contribution in [2.45, 2.75) is 4.90 Å². The molecule has 6 nitrogen and oxygen atoms in total. The SMILES string of the molecule is CS(=O)(=O)c1ccc(-n2nc(O)nc2Cl)cc1. The number of hydrogen-bond donors (Lipinski definition) is 1. The first-order valence-electron chi connectivity index (χ1n) is 4.50. The van der Waals surface area contributed by atoms with Gasteiger partial charge in [-0.25, -0.2) is 8.42 Å². The molecule has 0 fully saturated rings. The van der Waals surface area contributed by atoms with Crippen LogP contribution < -0.4 is 0 Å². The van der Waals surface area contributed by atoms with Gasteiger partial charge < -0.3 is 5.11 Å². The first-order chi connectivity index (χ1) is 7.88. The van der Waals surface area contributed by atoms with E-state index in [9.17, 15) is 8.42 Å². The number of halogens is 1. The molecular formula is C9H8ClN3O3S. The minimum absolute atomic E-state index is 0.00499. The lowest BCUT2D eigenvalue weighted by molar-refractivity contribution is 0.430. The van der Waals surface area contributed by atoms with Crippen molar-refractivity contribution >= 4 is 21.4 Å². The van der Waals surface area contributed by atoms with Crippen LogP contribution in [0.15, 0.2) is 29.2 Å². The molecule has 17 heavy (non-hydrogen) atoms. The van der Waals surface area contributed by atoms with Crippen molar-refractivity contribution in [2.24, 2.45) is 0 Å². The molecule has 0 saturated carbocycles. The summed E-state index contributed by atoms with van der Waals surface area (Å²) in [6.45, 7) is 0. The summed E-state index contributed by atoms with van der Waals surface area (Å²) < 4.78 is 23.7. The van der Waals surface area contributed by atoms with Gasteiger partial charge in [-0.1, -0.05) is 0 Å². The maximum Gasteiger partial charge on any atom is 0.334 e. The van der Waals surface area contributed by atoms with Crippen LogP contribution in [-0.2, 0) is 9.84 Å². The average Bonchev–Trinajstić information content (AvgIpc) is 2.57. The van der Waals surface area contributed by atoms with Gasteiger partial charge in [0.2, 0.25) is 5.28 Å². The summed E-state index contributed by atoms with van der Waals surface area (Å²) in [5, 5.41) is 12.7. The van der Waals surface area contributed by atoms with Crippen LogP contribution in [0.3, 0.4) is 0 Å². The van der Waals surface area contributed by atoms with E-state index in [0.29, 0.717) is 5.69 Å². The highest BCUT2D eigenvalue weighted by molar-refractivity contribution is 7.90. The van der Waals surface area contributed by atoms with Crippen LogP contribution >= 0.6 is 11.6 Å².